The van der Waals surface area contributed by atoms with Gasteiger partial charge >= 0.3 is 0 Å². The molecular formula is C14H16BrNO4S. The van der Waals surface area contributed by atoms with Crippen LogP contribution in [0.1, 0.15) is 29.3 Å². The van der Waals surface area contributed by atoms with Crippen molar-refractivity contribution in [2.45, 2.75) is 20.3 Å². The van der Waals surface area contributed by atoms with E-state index in [4.69, 9.17) is 0 Å². The number of rotatable bonds is 5. The normalized spacial score (nSPS) is 14.7. The molecule has 2 rings (SSSR count). The van der Waals surface area contributed by atoms with Gasteiger partial charge in [-0.1, -0.05) is 22.9 Å². The number of hydrogen-bond acceptors (Lipinski definition) is 4. The third-order valence-electron chi connectivity index (χ3n) is 3.36. The molecule has 21 heavy (non-hydrogen) atoms. The van der Waals surface area contributed by atoms with Crippen LogP contribution < -0.4 is 4.90 Å². The standard InChI is InChI=1S/C14H16BrNO4S/c1-3-5-21(19,20)6-4-16-12-9(2)7-10(15)8-11(12)13(17)14(16)18/h7-8H,3-6H2,1-2H3. The Labute approximate surface area is 132 Å². The second-order valence-corrected chi connectivity index (χ2v) is 8.28. The SMILES string of the molecule is CCCS(=O)(=O)CCN1C(=O)C(=O)c2cc(Br)cc(C)c21. The van der Waals surface area contributed by atoms with Crippen LogP contribution in [0.2, 0.25) is 0 Å². The van der Waals surface area contributed by atoms with Crippen molar-refractivity contribution in [2.24, 2.45) is 0 Å². The summed E-state index contributed by atoms with van der Waals surface area (Å²) in [5, 5.41) is 0. The zero-order chi connectivity index (χ0) is 15.8. The van der Waals surface area contributed by atoms with Crippen molar-refractivity contribution in [1.82, 2.24) is 0 Å². The summed E-state index contributed by atoms with van der Waals surface area (Å²) in [5.41, 5.74) is 1.63. The summed E-state index contributed by atoms with van der Waals surface area (Å²) < 4.78 is 24.3. The molecular weight excluding hydrogens is 358 g/mol. The van der Waals surface area contributed by atoms with Crippen molar-refractivity contribution < 1.29 is 18.0 Å². The average Bonchev–Trinajstić information content (AvgIpc) is 2.61. The lowest BCUT2D eigenvalue weighted by molar-refractivity contribution is -0.114. The van der Waals surface area contributed by atoms with E-state index in [-0.39, 0.29) is 18.1 Å². The zero-order valence-electron chi connectivity index (χ0n) is 11.8. The lowest BCUT2D eigenvalue weighted by Gasteiger charge is -2.18. The van der Waals surface area contributed by atoms with Crippen LogP contribution in [0.5, 0.6) is 0 Å². The van der Waals surface area contributed by atoms with E-state index in [1.807, 2.05) is 0 Å². The summed E-state index contributed by atoms with van der Waals surface area (Å²) in [5.74, 6) is -1.27. The fraction of sp³-hybridized carbons (Fsp3) is 0.429. The first-order valence-electron chi connectivity index (χ1n) is 6.63. The van der Waals surface area contributed by atoms with Gasteiger partial charge in [0.25, 0.3) is 11.7 Å². The highest BCUT2D eigenvalue weighted by molar-refractivity contribution is 9.10. The van der Waals surface area contributed by atoms with Crippen LogP contribution in [0.25, 0.3) is 0 Å². The minimum Gasteiger partial charge on any atom is -0.303 e. The Kier molecular flexibility index (Phi) is 4.53. The summed E-state index contributed by atoms with van der Waals surface area (Å²) in [7, 11) is -3.20. The molecule has 0 saturated heterocycles. The number of anilines is 1. The fourth-order valence-corrected chi connectivity index (χ4v) is 4.32. The van der Waals surface area contributed by atoms with E-state index >= 15 is 0 Å². The van der Waals surface area contributed by atoms with Crippen LogP contribution in [0.3, 0.4) is 0 Å². The lowest BCUT2D eigenvalue weighted by atomic mass is 10.1. The molecule has 7 heteroatoms. The molecule has 0 bridgehead atoms. The molecule has 0 spiro atoms. The number of halogens is 1. The van der Waals surface area contributed by atoms with Gasteiger partial charge in [0.2, 0.25) is 0 Å². The average molecular weight is 374 g/mol. The van der Waals surface area contributed by atoms with Gasteiger partial charge in [0.15, 0.2) is 9.84 Å². The van der Waals surface area contributed by atoms with E-state index in [9.17, 15) is 18.0 Å². The quantitative estimate of drug-likeness (QED) is 0.741. The fourth-order valence-electron chi connectivity index (χ4n) is 2.46. The molecule has 1 aliphatic rings. The van der Waals surface area contributed by atoms with Gasteiger partial charge in [-0.3, -0.25) is 9.59 Å². The summed E-state index contributed by atoms with van der Waals surface area (Å²) in [6.07, 6.45) is 0.539. The third kappa shape index (κ3) is 3.18. The van der Waals surface area contributed by atoms with Gasteiger partial charge < -0.3 is 4.90 Å². The van der Waals surface area contributed by atoms with Gasteiger partial charge in [0.05, 0.1) is 17.0 Å². The molecule has 0 radical (unpaired) electrons. The Hall–Kier alpha value is -1.21. The number of carbonyl (C=O) groups is 2. The predicted octanol–water partition coefficient (Wildman–Crippen LogP) is 2.11. The van der Waals surface area contributed by atoms with E-state index < -0.39 is 21.5 Å². The van der Waals surface area contributed by atoms with Gasteiger partial charge in [-0.05, 0) is 31.0 Å². The largest absolute Gasteiger partial charge is 0.303 e. The highest BCUT2D eigenvalue weighted by Crippen LogP contribution is 2.34. The molecule has 0 saturated carbocycles. The molecule has 0 N–H and O–H groups in total. The Morgan fingerprint density at radius 3 is 2.48 bits per heavy atom. The van der Waals surface area contributed by atoms with Crippen LogP contribution in [0, 0.1) is 6.92 Å². The maximum absolute atomic E-state index is 12.1. The van der Waals surface area contributed by atoms with E-state index in [1.54, 1.807) is 26.0 Å². The number of aryl methyl sites for hydroxylation is 1. The van der Waals surface area contributed by atoms with E-state index in [0.29, 0.717) is 17.7 Å². The molecule has 114 valence electrons. The van der Waals surface area contributed by atoms with Crippen molar-refractivity contribution >= 4 is 43.1 Å². The predicted molar refractivity (Wildman–Crippen MR) is 84.5 cm³/mol. The molecule has 0 unspecified atom stereocenters. The number of fused-ring (bicyclic) bond motifs is 1. The van der Waals surface area contributed by atoms with Crippen molar-refractivity contribution in [3.63, 3.8) is 0 Å². The molecule has 5 nitrogen and oxygen atoms in total. The third-order valence-corrected chi connectivity index (χ3v) is 5.65. The van der Waals surface area contributed by atoms with Crippen LogP contribution in [-0.2, 0) is 14.6 Å². The lowest BCUT2D eigenvalue weighted by Crippen LogP contribution is -2.34. The van der Waals surface area contributed by atoms with Crippen molar-refractivity contribution in [3.05, 3.63) is 27.7 Å². The molecule has 1 aliphatic heterocycles. The summed E-state index contributed by atoms with van der Waals surface area (Å²) in [6, 6.07) is 3.40. The Morgan fingerprint density at radius 1 is 1.19 bits per heavy atom. The smallest absolute Gasteiger partial charge is 0.299 e. The monoisotopic (exact) mass is 373 g/mol. The molecule has 0 fully saturated rings. The first-order valence-corrected chi connectivity index (χ1v) is 9.25. The van der Waals surface area contributed by atoms with Crippen molar-refractivity contribution in [3.8, 4) is 0 Å². The highest BCUT2D eigenvalue weighted by atomic mass is 79.9. The van der Waals surface area contributed by atoms with Crippen LogP contribution >= 0.6 is 15.9 Å². The van der Waals surface area contributed by atoms with E-state index in [2.05, 4.69) is 15.9 Å². The minimum atomic E-state index is -3.20. The highest BCUT2D eigenvalue weighted by Gasteiger charge is 2.37. The Balaban J connectivity index is 2.32. The maximum atomic E-state index is 12.1. The number of benzene rings is 1. The number of Topliss-reactive ketones (excluding diaryl/α,β-unsaturated/α-hetero) is 1. The summed E-state index contributed by atoms with van der Waals surface area (Å²) in [4.78, 5) is 25.4. The molecule has 1 aromatic carbocycles. The number of ketones is 1. The summed E-state index contributed by atoms with van der Waals surface area (Å²) >= 11 is 3.30. The van der Waals surface area contributed by atoms with Crippen LogP contribution in [0.4, 0.5) is 5.69 Å². The molecule has 0 aromatic heterocycles. The van der Waals surface area contributed by atoms with Crippen LogP contribution in [0.15, 0.2) is 16.6 Å². The Morgan fingerprint density at radius 2 is 1.86 bits per heavy atom. The Bertz CT molecular complexity index is 712. The molecule has 1 heterocycles. The number of nitrogens with zero attached hydrogens (tertiary/aromatic N) is 1. The number of sulfone groups is 1. The van der Waals surface area contributed by atoms with Crippen molar-refractivity contribution in [2.75, 3.05) is 23.0 Å². The van der Waals surface area contributed by atoms with Crippen LogP contribution in [-0.4, -0.2) is 38.2 Å². The van der Waals surface area contributed by atoms with E-state index in [1.165, 1.54) is 4.90 Å². The second-order valence-electron chi connectivity index (χ2n) is 5.06. The van der Waals surface area contributed by atoms with E-state index in [0.717, 1.165) is 10.0 Å². The molecule has 0 atom stereocenters. The van der Waals surface area contributed by atoms with Gasteiger partial charge in [-0.25, -0.2) is 8.42 Å². The molecule has 0 aliphatic carbocycles. The minimum absolute atomic E-state index is 0.0162. The maximum Gasteiger partial charge on any atom is 0.299 e. The van der Waals surface area contributed by atoms with Gasteiger partial charge in [0, 0.05) is 16.8 Å². The number of amides is 1. The second kappa shape index (κ2) is 5.88. The van der Waals surface area contributed by atoms with Gasteiger partial charge in [-0.15, -0.1) is 0 Å². The number of carbonyl (C=O) groups excluding carboxylic acids is 2. The summed E-state index contributed by atoms with van der Waals surface area (Å²) in [6.45, 7) is 3.60. The number of hydrogen-bond donors (Lipinski definition) is 0. The van der Waals surface area contributed by atoms with Gasteiger partial charge in [0.1, 0.15) is 0 Å². The zero-order valence-corrected chi connectivity index (χ0v) is 14.3. The topological polar surface area (TPSA) is 71.5 Å². The van der Waals surface area contributed by atoms with Crippen molar-refractivity contribution in [1.29, 1.82) is 0 Å². The van der Waals surface area contributed by atoms with Gasteiger partial charge in [-0.2, -0.15) is 0 Å². The molecule has 1 aromatic rings. The first kappa shape index (κ1) is 16.2. The molecule has 1 amide bonds. The first-order chi connectivity index (χ1) is 9.76.